The van der Waals surface area contributed by atoms with E-state index in [-0.39, 0.29) is 11.6 Å². The zero-order valence-corrected chi connectivity index (χ0v) is 26.7. The second-order valence-electron chi connectivity index (χ2n) is 11.9. The highest BCUT2D eigenvalue weighted by atomic mass is 32.1. The normalized spacial score (nSPS) is 12.0. The maximum Gasteiger partial charge on any atom is 0.164 e. The fourth-order valence-electron chi connectivity index (χ4n) is 6.86. The van der Waals surface area contributed by atoms with E-state index in [4.69, 9.17) is 15.0 Å². The minimum atomic E-state index is -0.267. The van der Waals surface area contributed by atoms with Crippen molar-refractivity contribution in [2.45, 2.75) is 0 Å². The first-order chi connectivity index (χ1) is 23.6. The van der Waals surface area contributed by atoms with E-state index >= 15 is 0 Å². The largest absolute Gasteiger partial charge is 0.208 e. The van der Waals surface area contributed by atoms with Crippen LogP contribution in [0.2, 0.25) is 0 Å². The lowest BCUT2D eigenvalue weighted by Gasteiger charge is -2.12. The highest BCUT2D eigenvalue weighted by Crippen LogP contribution is 2.46. The Labute approximate surface area is 280 Å². The smallest absolute Gasteiger partial charge is 0.164 e. The van der Waals surface area contributed by atoms with Gasteiger partial charge in [-0.3, -0.25) is 0 Å². The van der Waals surface area contributed by atoms with Crippen molar-refractivity contribution in [3.8, 4) is 34.2 Å². The lowest BCUT2D eigenvalue weighted by molar-refractivity contribution is 0.629. The van der Waals surface area contributed by atoms with Gasteiger partial charge in [0.05, 0.1) is 0 Å². The first kappa shape index (κ1) is 27.5. The van der Waals surface area contributed by atoms with E-state index in [1.54, 1.807) is 34.8 Å². The van der Waals surface area contributed by atoms with Crippen LogP contribution in [0.15, 0.2) is 127 Å². The molecule has 10 rings (SSSR count). The minimum Gasteiger partial charge on any atom is -0.208 e. The second-order valence-corrected chi connectivity index (χ2v) is 14.0. The quantitative estimate of drug-likeness (QED) is 0.190. The Morgan fingerprint density at radius 3 is 1.40 bits per heavy atom. The lowest BCUT2D eigenvalue weighted by Crippen LogP contribution is -2.01. The molecule has 3 nitrogen and oxygen atoms in total. The molecule has 0 amide bonds. The van der Waals surface area contributed by atoms with Crippen molar-refractivity contribution in [3.63, 3.8) is 0 Å². The van der Waals surface area contributed by atoms with Crippen molar-refractivity contribution in [3.05, 3.63) is 139 Å². The fourth-order valence-corrected chi connectivity index (χ4v) is 9.43. The Morgan fingerprint density at radius 1 is 0.417 bits per heavy atom. The van der Waals surface area contributed by atoms with Gasteiger partial charge < -0.3 is 0 Å². The minimum absolute atomic E-state index is 0.267. The van der Waals surface area contributed by atoms with E-state index in [2.05, 4.69) is 36.4 Å². The van der Waals surface area contributed by atoms with Crippen LogP contribution in [-0.2, 0) is 0 Å². The molecule has 3 heterocycles. The highest BCUT2D eigenvalue weighted by molar-refractivity contribution is 7.27. The highest BCUT2D eigenvalue weighted by Gasteiger charge is 2.22. The summed E-state index contributed by atoms with van der Waals surface area (Å²) >= 11 is 3.16. The molecular weight excluding hydrogens is 637 g/mol. The molecule has 0 unspecified atom stereocenters. The van der Waals surface area contributed by atoms with E-state index in [0.717, 1.165) is 78.6 Å². The molecule has 0 aliphatic rings. The zero-order chi connectivity index (χ0) is 31.9. The third kappa shape index (κ3) is 4.18. The summed E-state index contributed by atoms with van der Waals surface area (Å²) in [6, 6.07) is 40.6. The average Bonchev–Trinajstić information content (AvgIpc) is 3.70. The van der Waals surface area contributed by atoms with E-state index < -0.39 is 0 Å². The summed E-state index contributed by atoms with van der Waals surface area (Å²) in [4.78, 5) is 15.5. The van der Waals surface area contributed by atoms with E-state index in [1.807, 2.05) is 66.7 Å². The number of thiophene rings is 2. The number of fused-ring (bicyclic) bond motifs is 10. The molecule has 10 aromatic rings. The van der Waals surface area contributed by atoms with Crippen LogP contribution in [0.1, 0.15) is 0 Å². The van der Waals surface area contributed by atoms with Crippen molar-refractivity contribution >= 4 is 84.6 Å². The predicted molar refractivity (Wildman–Crippen MR) is 197 cm³/mol. The lowest BCUT2D eigenvalue weighted by atomic mass is 9.98. The Morgan fingerprint density at radius 2 is 0.875 bits per heavy atom. The van der Waals surface area contributed by atoms with Crippen molar-refractivity contribution < 1.29 is 8.78 Å². The van der Waals surface area contributed by atoms with E-state index in [0.29, 0.717) is 17.5 Å². The molecule has 0 aliphatic carbocycles. The Bertz CT molecular complexity index is 2750. The molecule has 7 heteroatoms. The van der Waals surface area contributed by atoms with Crippen LogP contribution in [0.3, 0.4) is 0 Å². The van der Waals surface area contributed by atoms with Gasteiger partial charge in [-0.1, -0.05) is 78.9 Å². The van der Waals surface area contributed by atoms with Gasteiger partial charge >= 0.3 is 0 Å². The number of rotatable bonds is 3. The molecule has 0 aliphatic heterocycles. The van der Waals surface area contributed by atoms with Gasteiger partial charge in [-0.15, -0.1) is 22.7 Å². The number of aromatic nitrogens is 3. The van der Waals surface area contributed by atoms with Crippen molar-refractivity contribution in [2.75, 3.05) is 0 Å². The zero-order valence-electron chi connectivity index (χ0n) is 25.0. The van der Waals surface area contributed by atoms with Gasteiger partial charge in [0.1, 0.15) is 11.6 Å². The summed E-state index contributed by atoms with van der Waals surface area (Å²) in [6.07, 6.45) is 0. The SMILES string of the molecule is Fc1ccc2c(c1)sc1c3ccccc3cc(-c3nc(-c4ccccc4)nc(-c4cc5ccccc5c5sc6cc(F)ccc6c45)n3)c21. The second kappa shape index (κ2) is 10.4. The number of hydrogen-bond acceptors (Lipinski definition) is 5. The van der Waals surface area contributed by atoms with Gasteiger partial charge in [0.25, 0.3) is 0 Å². The summed E-state index contributed by atoms with van der Waals surface area (Å²) in [6.45, 7) is 0. The Balaban J connectivity index is 1.35. The number of nitrogens with zero attached hydrogens (tertiary/aromatic N) is 3. The fraction of sp³-hybridized carbons (Fsp3) is 0. The first-order valence-electron chi connectivity index (χ1n) is 15.5. The van der Waals surface area contributed by atoms with Gasteiger partial charge in [-0.25, -0.2) is 23.7 Å². The average molecular weight is 658 g/mol. The Hall–Kier alpha value is -5.63. The van der Waals surface area contributed by atoms with Crippen LogP contribution >= 0.6 is 22.7 Å². The molecule has 0 radical (unpaired) electrons. The van der Waals surface area contributed by atoms with Gasteiger partial charge in [-0.2, -0.15) is 0 Å². The number of benzene rings is 7. The summed E-state index contributed by atoms with van der Waals surface area (Å²) in [5.41, 5.74) is 2.58. The molecule has 0 fully saturated rings. The van der Waals surface area contributed by atoms with Crippen LogP contribution in [0.5, 0.6) is 0 Å². The number of halogens is 2. The van der Waals surface area contributed by atoms with E-state index in [1.165, 1.54) is 12.1 Å². The summed E-state index contributed by atoms with van der Waals surface area (Å²) in [7, 11) is 0. The molecule has 0 bridgehead atoms. The number of hydrogen-bond donors (Lipinski definition) is 0. The van der Waals surface area contributed by atoms with Gasteiger partial charge in [0.15, 0.2) is 17.5 Å². The molecule has 0 saturated heterocycles. The third-order valence-corrected chi connectivity index (χ3v) is 11.4. The van der Waals surface area contributed by atoms with E-state index in [9.17, 15) is 8.78 Å². The molecule has 48 heavy (non-hydrogen) atoms. The summed E-state index contributed by atoms with van der Waals surface area (Å²) in [5.74, 6) is 1.08. The molecule has 226 valence electrons. The molecule has 0 saturated carbocycles. The van der Waals surface area contributed by atoms with Crippen LogP contribution in [0.25, 0.3) is 96.1 Å². The molecule has 0 atom stereocenters. The Kier molecular flexibility index (Phi) is 5.98. The predicted octanol–water partition coefficient (Wildman–Crippen LogP) is 12.2. The maximum absolute atomic E-state index is 14.5. The van der Waals surface area contributed by atoms with Crippen molar-refractivity contribution in [1.82, 2.24) is 15.0 Å². The van der Waals surface area contributed by atoms with Gasteiger partial charge in [0, 0.05) is 57.0 Å². The standard InChI is InChI=1S/C41H21F2N3S2/c42-25-14-16-29-33(20-25)47-37-27-12-6-4-10-23(27)18-31(35(29)37)40-44-39(22-8-2-1-3-9-22)45-41(46-40)32-19-24-11-5-7-13-28(24)38-36(32)30-17-15-26(43)21-34(30)48-38/h1-21H. The summed E-state index contributed by atoms with van der Waals surface area (Å²) < 4.78 is 32.8. The molecule has 0 N–H and O–H groups in total. The first-order valence-corrected chi connectivity index (χ1v) is 17.1. The topological polar surface area (TPSA) is 38.7 Å². The summed E-state index contributed by atoms with van der Waals surface area (Å²) in [5, 5.41) is 8.20. The molecule has 7 aromatic carbocycles. The van der Waals surface area contributed by atoms with Crippen LogP contribution < -0.4 is 0 Å². The van der Waals surface area contributed by atoms with Crippen LogP contribution in [-0.4, -0.2) is 15.0 Å². The van der Waals surface area contributed by atoms with Crippen LogP contribution in [0.4, 0.5) is 8.78 Å². The van der Waals surface area contributed by atoms with Crippen molar-refractivity contribution in [2.24, 2.45) is 0 Å². The third-order valence-electron chi connectivity index (χ3n) is 9.00. The van der Waals surface area contributed by atoms with Gasteiger partial charge in [-0.05, 0) is 70.1 Å². The van der Waals surface area contributed by atoms with Crippen LogP contribution in [0, 0.1) is 11.6 Å². The van der Waals surface area contributed by atoms with Crippen molar-refractivity contribution in [1.29, 1.82) is 0 Å². The maximum atomic E-state index is 14.5. The monoisotopic (exact) mass is 657 g/mol. The molecular formula is C41H21F2N3S2. The van der Waals surface area contributed by atoms with Gasteiger partial charge in [0.2, 0.25) is 0 Å². The molecule has 0 spiro atoms. The molecule has 3 aromatic heterocycles.